The van der Waals surface area contributed by atoms with Crippen LogP contribution in [0.2, 0.25) is 5.02 Å². The van der Waals surface area contributed by atoms with Gasteiger partial charge in [-0.3, -0.25) is 9.58 Å². The first kappa shape index (κ1) is 20.4. The molecule has 1 aliphatic heterocycles. The minimum absolute atomic E-state index is 0.140. The highest BCUT2D eigenvalue weighted by molar-refractivity contribution is 6.32. The van der Waals surface area contributed by atoms with E-state index in [9.17, 15) is 5.11 Å². The van der Waals surface area contributed by atoms with Gasteiger partial charge in [-0.25, -0.2) is 9.97 Å². The van der Waals surface area contributed by atoms with E-state index in [0.29, 0.717) is 23.9 Å². The molecule has 3 aromatic rings. The van der Waals surface area contributed by atoms with Crippen molar-refractivity contribution in [1.29, 1.82) is 0 Å². The van der Waals surface area contributed by atoms with Gasteiger partial charge in [0.2, 0.25) is 5.95 Å². The monoisotopic (exact) mass is 452 g/mol. The van der Waals surface area contributed by atoms with Gasteiger partial charge in [-0.1, -0.05) is 11.6 Å². The summed E-state index contributed by atoms with van der Waals surface area (Å²) in [6.07, 6.45) is 10.2. The maximum absolute atomic E-state index is 10.00. The number of nitrogens with zero attached hydrogens (tertiary/aromatic N) is 5. The first-order valence-electron chi connectivity index (χ1n) is 11.8. The van der Waals surface area contributed by atoms with Crippen molar-refractivity contribution in [3.63, 3.8) is 0 Å². The molecule has 168 valence electrons. The van der Waals surface area contributed by atoms with Gasteiger partial charge in [-0.15, -0.1) is 0 Å². The summed E-state index contributed by atoms with van der Waals surface area (Å²) in [5.74, 6) is 1.00. The maximum Gasteiger partial charge on any atom is 0.227 e. The van der Waals surface area contributed by atoms with Crippen molar-refractivity contribution in [1.82, 2.24) is 24.6 Å². The summed E-state index contributed by atoms with van der Waals surface area (Å²) >= 11 is 6.69. The van der Waals surface area contributed by atoms with E-state index in [1.807, 2.05) is 18.5 Å². The number of hydrogen-bond donors (Lipinski definition) is 2. The van der Waals surface area contributed by atoms with E-state index in [1.54, 1.807) is 0 Å². The minimum atomic E-state index is -0.140. The normalized spacial score (nSPS) is 24.6. The third-order valence-electron chi connectivity index (χ3n) is 7.52. The van der Waals surface area contributed by atoms with E-state index in [2.05, 4.69) is 38.0 Å². The van der Waals surface area contributed by atoms with Gasteiger partial charge in [0.25, 0.3) is 0 Å². The van der Waals surface area contributed by atoms with Crippen LogP contribution in [0.4, 0.5) is 11.6 Å². The predicted molar refractivity (Wildman–Crippen MR) is 126 cm³/mol. The van der Waals surface area contributed by atoms with Crippen molar-refractivity contribution in [3.05, 3.63) is 40.8 Å². The Morgan fingerprint density at radius 3 is 2.56 bits per heavy atom. The molecule has 0 spiro atoms. The van der Waals surface area contributed by atoms with Crippen LogP contribution < -0.4 is 5.32 Å². The fourth-order valence-corrected chi connectivity index (χ4v) is 5.55. The van der Waals surface area contributed by atoms with Crippen molar-refractivity contribution in [3.8, 4) is 0 Å². The molecule has 0 unspecified atom stereocenters. The molecule has 0 amide bonds. The molecule has 6 rings (SSSR count). The molecule has 3 heterocycles. The number of hydrogen-bond acceptors (Lipinski definition) is 6. The van der Waals surface area contributed by atoms with Crippen LogP contribution in [0.5, 0.6) is 0 Å². The second-order valence-corrected chi connectivity index (χ2v) is 10.0. The standard InChI is InChI=1S/C24H29ClN6O/c1-14-21(13-27-31(14)17-2-3-17)29-24-26-12-16-10-19(25)18(11-20(16)28-24)15-6-8-30(9-7-15)22-4-5-23(22)32/h10-13,15,17,22-23,32H,2-9H2,1H3,(H,26,28,29)/t22-,23-/m0/s1. The molecule has 32 heavy (non-hydrogen) atoms. The van der Waals surface area contributed by atoms with Crippen LogP contribution in [-0.4, -0.2) is 55.0 Å². The van der Waals surface area contributed by atoms with Gasteiger partial charge in [0, 0.05) is 22.6 Å². The molecular formula is C24H29ClN6O. The van der Waals surface area contributed by atoms with Crippen LogP contribution in [0.15, 0.2) is 24.5 Å². The first-order valence-corrected chi connectivity index (χ1v) is 12.1. The summed E-state index contributed by atoms with van der Waals surface area (Å²) in [7, 11) is 0. The Balaban J connectivity index is 1.21. The maximum atomic E-state index is 10.00. The number of nitrogens with one attached hydrogen (secondary N) is 1. The zero-order valence-corrected chi connectivity index (χ0v) is 19.1. The lowest BCUT2D eigenvalue weighted by molar-refractivity contribution is -0.0301. The summed E-state index contributed by atoms with van der Waals surface area (Å²) in [5, 5.41) is 19.6. The summed E-state index contributed by atoms with van der Waals surface area (Å²) in [5.41, 5.74) is 4.16. The molecule has 0 radical (unpaired) electrons. The van der Waals surface area contributed by atoms with Crippen LogP contribution in [0, 0.1) is 6.92 Å². The van der Waals surface area contributed by atoms with Crippen molar-refractivity contribution < 1.29 is 5.11 Å². The largest absolute Gasteiger partial charge is 0.391 e. The molecule has 2 saturated carbocycles. The number of benzene rings is 1. The molecule has 2 N–H and O–H groups in total. The average molecular weight is 453 g/mol. The molecule has 2 aromatic heterocycles. The first-order chi connectivity index (χ1) is 15.6. The summed E-state index contributed by atoms with van der Waals surface area (Å²) in [6, 6.07) is 5.04. The molecular weight excluding hydrogens is 424 g/mol. The van der Waals surface area contributed by atoms with Crippen LogP contribution in [0.3, 0.4) is 0 Å². The number of rotatable bonds is 5. The highest BCUT2D eigenvalue weighted by atomic mass is 35.5. The van der Waals surface area contributed by atoms with Crippen LogP contribution in [0.1, 0.15) is 61.7 Å². The topological polar surface area (TPSA) is 79.1 Å². The fraction of sp³-hybridized carbons (Fsp3) is 0.542. The molecule has 0 bridgehead atoms. The number of aliphatic hydroxyl groups excluding tert-OH is 1. The Kier molecular flexibility index (Phi) is 5.08. The lowest BCUT2D eigenvalue weighted by Crippen LogP contribution is -2.52. The zero-order valence-electron chi connectivity index (χ0n) is 18.3. The zero-order chi connectivity index (χ0) is 21.8. The highest BCUT2D eigenvalue weighted by Gasteiger charge is 2.36. The Labute approximate surface area is 192 Å². The Hall–Kier alpha value is -2.22. The van der Waals surface area contributed by atoms with Gasteiger partial charge in [-0.05, 0) is 82.2 Å². The Morgan fingerprint density at radius 1 is 1.06 bits per heavy atom. The van der Waals surface area contributed by atoms with E-state index in [1.165, 1.54) is 18.4 Å². The average Bonchev–Trinajstić information content (AvgIpc) is 3.57. The van der Waals surface area contributed by atoms with Crippen molar-refractivity contribution in [2.75, 3.05) is 18.4 Å². The van der Waals surface area contributed by atoms with Gasteiger partial charge < -0.3 is 10.4 Å². The predicted octanol–water partition coefficient (Wildman–Crippen LogP) is 4.57. The van der Waals surface area contributed by atoms with Gasteiger partial charge in [0.05, 0.1) is 35.2 Å². The van der Waals surface area contributed by atoms with Gasteiger partial charge in [0.1, 0.15) is 0 Å². The number of aromatic nitrogens is 4. The van der Waals surface area contributed by atoms with E-state index in [-0.39, 0.29) is 6.10 Å². The Morgan fingerprint density at radius 2 is 1.88 bits per heavy atom. The molecule has 3 fully saturated rings. The van der Waals surface area contributed by atoms with Crippen molar-refractivity contribution in [2.24, 2.45) is 0 Å². The molecule has 3 aliphatic rings. The SMILES string of the molecule is Cc1c(Nc2ncc3cc(Cl)c(C4CCN([C@H]5CC[C@@H]5O)CC4)cc3n2)cnn1C1CC1. The molecule has 7 nitrogen and oxygen atoms in total. The van der Waals surface area contributed by atoms with Crippen molar-refractivity contribution in [2.45, 2.75) is 69.6 Å². The third kappa shape index (κ3) is 3.66. The van der Waals surface area contributed by atoms with Gasteiger partial charge >= 0.3 is 0 Å². The van der Waals surface area contributed by atoms with Crippen molar-refractivity contribution >= 4 is 34.1 Å². The van der Waals surface area contributed by atoms with E-state index >= 15 is 0 Å². The number of aliphatic hydroxyl groups is 1. The van der Waals surface area contributed by atoms with Gasteiger partial charge in [-0.2, -0.15) is 5.10 Å². The smallest absolute Gasteiger partial charge is 0.227 e. The molecule has 1 aromatic carbocycles. The minimum Gasteiger partial charge on any atom is -0.391 e. The fourth-order valence-electron chi connectivity index (χ4n) is 5.23. The Bertz CT molecular complexity index is 1150. The number of piperidine rings is 1. The molecule has 2 aliphatic carbocycles. The number of fused-ring (bicyclic) bond motifs is 1. The van der Waals surface area contributed by atoms with Crippen LogP contribution in [0.25, 0.3) is 10.9 Å². The van der Waals surface area contributed by atoms with Crippen LogP contribution >= 0.6 is 11.6 Å². The molecule has 2 atom stereocenters. The lowest BCUT2D eigenvalue weighted by atomic mass is 9.83. The van der Waals surface area contributed by atoms with E-state index in [0.717, 1.165) is 66.1 Å². The second-order valence-electron chi connectivity index (χ2n) is 9.59. The molecule has 8 heteroatoms. The third-order valence-corrected chi connectivity index (χ3v) is 7.85. The van der Waals surface area contributed by atoms with E-state index in [4.69, 9.17) is 16.6 Å². The van der Waals surface area contributed by atoms with Crippen LogP contribution in [-0.2, 0) is 0 Å². The second kappa shape index (κ2) is 7.97. The van der Waals surface area contributed by atoms with E-state index < -0.39 is 0 Å². The molecule has 1 saturated heterocycles. The summed E-state index contributed by atoms with van der Waals surface area (Å²) in [6.45, 7) is 4.12. The quantitative estimate of drug-likeness (QED) is 0.590. The number of anilines is 2. The highest BCUT2D eigenvalue weighted by Crippen LogP contribution is 2.38. The number of likely N-dealkylation sites (tertiary alicyclic amines) is 1. The lowest BCUT2D eigenvalue weighted by Gasteiger charge is -2.45. The summed E-state index contributed by atoms with van der Waals surface area (Å²) < 4.78 is 2.09. The summed E-state index contributed by atoms with van der Waals surface area (Å²) in [4.78, 5) is 11.7. The van der Waals surface area contributed by atoms with Gasteiger partial charge in [0.15, 0.2) is 0 Å². The number of halogens is 1.